The average molecular weight is 493 g/mol. The Bertz CT molecular complexity index is 1480. The molecule has 0 spiro atoms. The first-order valence-corrected chi connectivity index (χ1v) is 13.6. The lowest BCUT2D eigenvalue weighted by Gasteiger charge is -2.33. The number of fused-ring (bicyclic) bond motifs is 2. The van der Waals surface area contributed by atoms with Crippen LogP contribution in [-0.4, -0.2) is 47.3 Å². The summed E-state index contributed by atoms with van der Waals surface area (Å²) in [7, 11) is -1.63. The first-order chi connectivity index (χ1) is 16.5. The largest absolute Gasteiger partial charge is 0.356 e. The molecular weight excluding hydrogens is 468 g/mol. The number of aryl methyl sites for hydroxylation is 1. The van der Waals surface area contributed by atoms with Crippen LogP contribution in [0.25, 0.3) is 21.7 Å². The van der Waals surface area contributed by atoms with E-state index in [4.69, 9.17) is 0 Å². The van der Waals surface area contributed by atoms with E-state index in [0.717, 1.165) is 65.1 Å². The smallest absolute Gasteiger partial charge is 0.250 e. The number of thiophene rings is 1. The van der Waals surface area contributed by atoms with Crippen LogP contribution in [0, 0.1) is 0 Å². The van der Waals surface area contributed by atoms with E-state index in [1.165, 1.54) is 16.9 Å². The van der Waals surface area contributed by atoms with E-state index in [0.29, 0.717) is 4.21 Å². The maximum absolute atomic E-state index is 13.0. The zero-order valence-electron chi connectivity index (χ0n) is 18.7. The van der Waals surface area contributed by atoms with Gasteiger partial charge in [-0.2, -0.15) is 5.10 Å². The maximum Gasteiger partial charge on any atom is 0.250 e. The number of allylic oxidation sites excluding steroid dienone is 1. The van der Waals surface area contributed by atoms with Crippen LogP contribution >= 0.6 is 11.3 Å². The standard InChI is InChI=1S/C24H24N6O2S2/c1-29-14-18(13-27-29)17-10-20-21(11-17)25-15-26-24(20)30-8-6-19(7-9-30)28-34(31,32)23-12-16-4-2-3-5-22(16)33-23/h2-5,10,12-15,19,28H,6-9,11H2,1H3. The quantitative estimate of drug-likeness (QED) is 0.459. The number of rotatable bonds is 5. The lowest BCUT2D eigenvalue weighted by Crippen LogP contribution is -2.45. The summed E-state index contributed by atoms with van der Waals surface area (Å²) < 4.78 is 32.1. The molecule has 10 heteroatoms. The summed E-state index contributed by atoms with van der Waals surface area (Å²) in [6.07, 6.45) is 9.90. The van der Waals surface area contributed by atoms with Crippen LogP contribution in [0.4, 0.5) is 5.82 Å². The van der Waals surface area contributed by atoms with Crippen molar-refractivity contribution in [1.29, 1.82) is 0 Å². The minimum atomic E-state index is -3.54. The monoisotopic (exact) mass is 492 g/mol. The molecule has 0 unspecified atom stereocenters. The first-order valence-electron chi connectivity index (χ1n) is 11.3. The Morgan fingerprint density at radius 3 is 2.74 bits per heavy atom. The number of nitrogens with zero attached hydrogens (tertiary/aromatic N) is 5. The molecule has 1 aromatic carbocycles. The molecule has 1 fully saturated rings. The Hall–Kier alpha value is -3.08. The van der Waals surface area contributed by atoms with Gasteiger partial charge >= 0.3 is 0 Å². The maximum atomic E-state index is 13.0. The molecule has 0 radical (unpaired) electrons. The molecular formula is C24H24N6O2S2. The van der Waals surface area contributed by atoms with Crippen molar-refractivity contribution < 1.29 is 8.42 Å². The van der Waals surface area contributed by atoms with Gasteiger partial charge < -0.3 is 4.90 Å². The number of hydrogen-bond donors (Lipinski definition) is 1. The SMILES string of the molecule is Cn1cc(C2=Cc3c(ncnc3N3CCC(NS(=O)(=O)c4cc5ccccc5s4)CC3)C2)cn1. The third kappa shape index (κ3) is 3.91. The van der Waals surface area contributed by atoms with Crippen molar-refractivity contribution in [3.63, 3.8) is 0 Å². The van der Waals surface area contributed by atoms with E-state index in [9.17, 15) is 8.42 Å². The van der Waals surface area contributed by atoms with Crippen LogP contribution in [0.3, 0.4) is 0 Å². The molecule has 8 nitrogen and oxygen atoms in total. The van der Waals surface area contributed by atoms with E-state index < -0.39 is 10.0 Å². The van der Waals surface area contributed by atoms with E-state index in [1.807, 2.05) is 43.7 Å². The number of piperidine rings is 1. The van der Waals surface area contributed by atoms with Crippen molar-refractivity contribution in [3.8, 4) is 0 Å². The highest BCUT2D eigenvalue weighted by Gasteiger charge is 2.29. The first kappa shape index (κ1) is 21.5. The van der Waals surface area contributed by atoms with Gasteiger partial charge in [0.25, 0.3) is 0 Å². The fraction of sp³-hybridized carbons (Fsp3) is 0.292. The highest BCUT2D eigenvalue weighted by molar-refractivity contribution is 7.91. The molecule has 0 bridgehead atoms. The molecule has 174 valence electrons. The van der Waals surface area contributed by atoms with Crippen LogP contribution in [0.15, 0.2) is 53.3 Å². The van der Waals surface area contributed by atoms with Gasteiger partial charge in [0, 0.05) is 54.6 Å². The summed E-state index contributed by atoms with van der Waals surface area (Å²) in [5.41, 5.74) is 4.37. The number of hydrogen-bond acceptors (Lipinski definition) is 7. The Morgan fingerprint density at radius 1 is 1.15 bits per heavy atom. The number of sulfonamides is 1. The van der Waals surface area contributed by atoms with Crippen LogP contribution in [-0.2, 0) is 23.5 Å². The number of benzene rings is 1. The van der Waals surface area contributed by atoms with Crippen LogP contribution in [0.2, 0.25) is 0 Å². The lowest BCUT2D eigenvalue weighted by molar-refractivity contribution is 0.458. The van der Waals surface area contributed by atoms with Crippen LogP contribution in [0.5, 0.6) is 0 Å². The summed E-state index contributed by atoms with van der Waals surface area (Å²) in [5.74, 6) is 0.926. The molecule has 4 heterocycles. The second-order valence-electron chi connectivity index (χ2n) is 8.79. The fourth-order valence-electron chi connectivity index (χ4n) is 4.72. The molecule has 1 saturated heterocycles. The highest BCUT2D eigenvalue weighted by Crippen LogP contribution is 2.36. The van der Waals surface area contributed by atoms with E-state index >= 15 is 0 Å². The molecule has 1 aliphatic heterocycles. The topological polar surface area (TPSA) is 93.0 Å². The van der Waals surface area contributed by atoms with Gasteiger partial charge in [0.05, 0.1) is 11.9 Å². The van der Waals surface area contributed by atoms with Crippen molar-refractivity contribution in [2.45, 2.75) is 29.5 Å². The summed E-state index contributed by atoms with van der Waals surface area (Å²) in [4.78, 5) is 11.3. The molecule has 34 heavy (non-hydrogen) atoms. The van der Waals surface area contributed by atoms with E-state index in [1.54, 1.807) is 17.1 Å². The second-order valence-corrected chi connectivity index (χ2v) is 11.8. The molecule has 6 rings (SSSR count). The van der Waals surface area contributed by atoms with Crippen molar-refractivity contribution in [3.05, 3.63) is 65.9 Å². The van der Waals surface area contributed by atoms with Gasteiger partial charge in [-0.05, 0) is 42.0 Å². The molecule has 0 amide bonds. The van der Waals surface area contributed by atoms with Crippen LogP contribution < -0.4 is 9.62 Å². The fourth-order valence-corrected chi connectivity index (χ4v) is 7.44. The molecule has 0 atom stereocenters. The zero-order chi connectivity index (χ0) is 23.3. The van der Waals surface area contributed by atoms with Crippen LogP contribution in [0.1, 0.15) is 29.7 Å². The predicted molar refractivity (Wildman–Crippen MR) is 134 cm³/mol. The van der Waals surface area contributed by atoms with Crippen molar-refractivity contribution in [1.82, 2.24) is 24.5 Å². The average Bonchev–Trinajstić information content (AvgIpc) is 3.56. The van der Waals surface area contributed by atoms with Gasteiger partial charge in [0.15, 0.2) is 0 Å². The van der Waals surface area contributed by atoms with Gasteiger partial charge in [-0.1, -0.05) is 18.2 Å². The van der Waals surface area contributed by atoms with E-state index in [2.05, 4.69) is 30.8 Å². The number of nitrogens with one attached hydrogen (secondary N) is 1. The lowest BCUT2D eigenvalue weighted by atomic mass is 10.1. The van der Waals surface area contributed by atoms with Gasteiger partial charge in [-0.3, -0.25) is 4.68 Å². The third-order valence-electron chi connectivity index (χ3n) is 6.48. The molecule has 4 aromatic rings. The molecule has 2 aliphatic rings. The molecule has 1 aliphatic carbocycles. The van der Waals surface area contributed by atoms with Crippen molar-refractivity contribution in [2.24, 2.45) is 7.05 Å². The minimum absolute atomic E-state index is 0.0946. The summed E-state index contributed by atoms with van der Waals surface area (Å²) in [6.45, 7) is 1.47. The summed E-state index contributed by atoms with van der Waals surface area (Å²) in [6, 6.07) is 9.41. The Balaban J connectivity index is 1.16. The molecule has 1 N–H and O–H groups in total. The number of anilines is 1. The summed E-state index contributed by atoms with van der Waals surface area (Å²) >= 11 is 1.31. The normalized spacial score (nSPS) is 16.7. The predicted octanol–water partition coefficient (Wildman–Crippen LogP) is 3.47. The zero-order valence-corrected chi connectivity index (χ0v) is 20.3. The van der Waals surface area contributed by atoms with Gasteiger partial charge in [-0.25, -0.2) is 23.1 Å². The molecule has 3 aromatic heterocycles. The van der Waals surface area contributed by atoms with Gasteiger partial charge in [0.1, 0.15) is 16.4 Å². The Morgan fingerprint density at radius 2 is 1.97 bits per heavy atom. The third-order valence-corrected chi connectivity index (χ3v) is 9.59. The Labute approximate surface area is 202 Å². The second kappa shape index (κ2) is 8.30. The van der Waals surface area contributed by atoms with Crippen molar-refractivity contribution in [2.75, 3.05) is 18.0 Å². The minimum Gasteiger partial charge on any atom is -0.356 e. The highest BCUT2D eigenvalue weighted by atomic mass is 32.2. The summed E-state index contributed by atoms with van der Waals surface area (Å²) in [5, 5.41) is 5.24. The molecule has 0 saturated carbocycles. The van der Waals surface area contributed by atoms with Gasteiger partial charge in [-0.15, -0.1) is 11.3 Å². The van der Waals surface area contributed by atoms with Crippen molar-refractivity contribution >= 4 is 48.9 Å². The van der Waals surface area contributed by atoms with E-state index in [-0.39, 0.29) is 6.04 Å². The Kier molecular flexibility index (Phi) is 5.23. The number of aromatic nitrogens is 4. The van der Waals surface area contributed by atoms with Gasteiger partial charge in [0.2, 0.25) is 10.0 Å².